The summed E-state index contributed by atoms with van der Waals surface area (Å²) < 4.78 is 402. The van der Waals surface area contributed by atoms with Gasteiger partial charge in [-0.3, -0.25) is 4.70 Å². The molecule has 0 aromatic heterocycles. The molecule has 0 saturated heterocycles. The summed E-state index contributed by atoms with van der Waals surface area (Å²) in [7, 11) is 0. The van der Waals surface area contributed by atoms with Crippen LogP contribution in [-0.2, 0) is 3.80 Å². The number of rotatable bonds is 3. The van der Waals surface area contributed by atoms with Gasteiger partial charge in [0.25, 0.3) is 0 Å². The number of hydrogen-bond donors (Lipinski definition) is 0. The molecule has 0 saturated carbocycles. The molecule has 0 amide bonds. The number of halogens is 31. The zero-order valence-electron chi connectivity index (χ0n) is 30.7. The van der Waals surface area contributed by atoms with E-state index in [9.17, 15) is 132 Å². The third-order valence-corrected chi connectivity index (χ3v) is 8.01. The van der Waals surface area contributed by atoms with E-state index < -0.39 is 208 Å². The quantitative estimate of drug-likeness (QED) is 0.0747. The molecule has 0 heterocycles. The second kappa shape index (κ2) is 21.8. The van der Waals surface area contributed by atoms with E-state index in [0.29, 0.717) is 0 Å². The molecule has 0 aliphatic rings. The molecule has 1 nitrogen and oxygen atoms in total. The molecule has 69 heavy (non-hydrogen) atoms. The second-order valence-electron chi connectivity index (χ2n) is 11.7. The summed E-state index contributed by atoms with van der Waals surface area (Å²) in [6.07, 6.45) is 0. The zero-order chi connectivity index (χ0) is 52.8. The summed E-state index contributed by atoms with van der Waals surface area (Å²) in [6.45, 7) is 0. The first-order valence-electron chi connectivity index (χ1n) is 15.7. The fraction of sp³-hybridized carbons (Fsp3) is 0. The van der Waals surface area contributed by atoms with E-state index in [1.807, 2.05) is 0 Å². The summed E-state index contributed by atoms with van der Waals surface area (Å²) in [4.78, 5) is 0. The molecular formula is C36HAlF31O. The van der Waals surface area contributed by atoms with Crippen LogP contribution in [0, 0.1) is 175 Å². The molecular weight excluding hydrogens is 1060 g/mol. The molecule has 0 fully saturated rings. The third kappa shape index (κ3) is 9.74. The Kier molecular flexibility index (Phi) is 18.5. The van der Waals surface area contributed by atoms with E-state index in [1.165, 1.54) is 16.2 Å². The Morgan fingerprint density at radius 2 is 0.174 bits per heavy atom. The van der Waals surface area contributed by atoms with Crippen LogP contribution in [0.2, 0.25) is 0 Å². The van der Waals surface area contributed by atoms with E-state index in [0.717, 1.165) is 0 Å². The Hall–Kier alpha value is -6.52. The van der Waals surface area contributed by atoms with E-state index in [2.05, 4.69) is 0 Å². The van der Waals surface area contributed by atoms with Crippen molar-refractivity contribution in [2.45, 2.75) is 0 Å². The Bertz CT molecular complexity index is 2370. The topological polar surface area (TPSA) is 17.1 Å². The molecule has 0 unspecified atom stereocenters. The molecule has 0 spiro atoms. The Morgan fingerprint density at radius 1 is 0.130 bits per heavy atom. The van der Waals surface area contributed by atoms with Gasteiger partial charge >= 0.3 is 20.0 Å². The van der Waals surface area contributed by atoms with Gasteiger partial charge in [-0.25, -0.2) is 132 Å². The normalized spacial score (nSPS) is 10.7. The zero-order valence-corrected chi connectivity index (χ0v) is 31.9. The minimum absolute atomic E-state index is 0. The van der Waals surface area contributed by atoms with Gasteiger partial charge in [-0.2, -0.15) is 0 Å². The van der Waals surface area contributed by atoms with Crippen molar-refractivity contribution in [1.29, 1.82) is 0 Å². The molecule has 0 atom stereocenters. The van der Waals surface area contributed by atoms with Gasteiger partial charge in [0.1, 0.15) is 0 Å². The average molecular weight is 1070 g/mol. The van der Waals surface area contributed by atoms with Crippen molar-refractivity contribution in [1.82, 2.24) is 0 Å². The number of benzene rings is 6. The summed E-state index contributed by atoms with van der Waals surface area (Å²) >= 11 is 1.17. The van der Waals surface area contributed by atoms with Gasteiger partial charge < -0.3 is 0 Å². The van der Waals surface area contributed by atoms with Crippen LogP contribution in [0.25, 0.3) is 33.4 Å². The van der Waals surface area contributed by atoms with E-state index in [4.69, 9.17) is 3.80 Å². The number of hydrogen-bond acceptors (Lipinski definition) is 1. The van der Waals surface area contributed by atoms with Gasteiger partial charge in [0.05, 0.1) is 33.4 Å². The van der Waals surface area contributed by atoms with Gasteiger partial charge in [-0.1, -0.05) is 0 Å². The fourth-order valence-corrected chi connectivity index (χ4v) is 4.95. The van der Waals surface area contributed by atoms with Gasteiger partial charge in [-0.15, -0.1) is 0 Å². The second-order valence-corrected chi connectivity index (χ2v) is 11.7. The van der Waals surface area contributed by atoms with Crippen LogP contribution in [0.5, 0.6) is 0 Å². The summed E-state index contributed by atoms with van der Waals surface area (Å²) in [5, 5.41) is 0. The molecule has 0 aliphatic heterocycles. The van der Waals surface area contributed by atoms with Crippen LogP contribution in [0.15, 0.2) is 0 Å². The van der Waals surface area contributed by atoms with Crippen LogP contribution >= 0.6 is 0 Å². The van der Waals surface area contributed by atoms with Crippen LogP contribution < -0.4 is 0 Å². The van der Waals surface area contributed by atoms with Crippen LogP contribution in [-0.4, -0.2) is 16.2 Å². The van der Waals surface area contributed by atoms with Gasteiger partial charge in [0.15, 0.2) is 140 Å². The Balaban J connectivity index is 0.000000346. The van der Waals surface area contributed by atoms with Gasteiger partial charge in [-0.05, 0) is 0 Å². The molecule has 33 heteroatoms. The first-order chi connectivity index (χ1) is 31.3. The Labute approximate surface area is 364 Å². The van der Waals surface area contributed by atoms with Gasteiger partial charge in [0, 0.05) is 0 Å². The molecule has 0 aliphatic carbocycles. The van der Waals surface area contributed by atoms with Crippen molar-refractivity contribution < 1.29 is 140 Å². The molecule has 371 valence electrons. The Morgan fingerprint density at radius 3 is 0.232 bits per heavy atom. The van der Waals surface area contributed by atoms with Crippen molar-refractivity contribution in [3.05, 3.63) is 175 Å². The molecule has 6 rings (SSSR count). The predicted octanol–water partition coefficient (Wildman–Crippen LogP) is 13.9. The van der Waals surface area contributed by atoms with Crippen LogP contribution in [0.3, 0.4) is 0 Å². The van der Waals surface area contributed by atoms with E-state index >= 15 is 0 Å². The first kappa shape index (κ1) is 58.6. The minimum atomic E-state index is -2.68. The molecule has 1 radical (unpaired) electrons. The van der Waals surface area contributed by atoms with Crippen molar-refractivity contribution >= 4 is 16.2 Å². The fourth-order valence-electron chi connectivity index (χ4n) is 4.95. The van der Waals surface area contributed by atoms with Crippen molar-refractivity contribution in [3.63, 3.8) is 0 Å². The third-order valence-electron chi connectivity index (χ3n) is 8.01. The van der Waals surface area contributed by atoms with Crippen molar-refractivity contribution in [3.8, 4) is 33.4 Å². The van der Waals surface area contributed by atoms with Crippen molar-refractivity contribution in [2.24, 2.45) is 0 Å². The molecule has 0 bridgehead atoms. The predicted molar refractivity (Wildman–Crippen MR) is 163 cm³/mol. The summed E-state index contributed by atoms with van der Waals surface area (Å²) in [5.41, 5.74) is -13.6. The van der Waals surface area contributed by atoms with Crippen LogP contribution in [0.1, 0.15) is 0 Å². The van der Waals surface area contributed by atoms with Crippen LogP contribution in [0.4, 0.5) is 136 Å². The monoisotopic (exact) mass is 1060 g/mol. The standard InChI is InChI=1S/3C12F10.Al.FH.O/c3*13-3-1(4(14)8(18)11(21)7(3)17)2-5(15)9(19)12(22)10(20)6(2)16;;;/h;;;;1H;. The van der Waals surface area contributed by atoms with Crippen molar-refractivity contribution in [2.75, 3.05) is 0 Å². The maximum absolute atomic E-state index is 13.4. The molecule has 0 N–H and O–H groups in total. The van der Waals surface area contributed by atoms with Gasteiger partial charge in [0.2, 0.25) is 34.9 Å². The van der Waals surface area contributed by atoms with E-state index in [1.54, 1.807) is 0 Å². The summed E-state index contributed by atoms with van der Waals surface area (Å²) in [6, 6.07) is 0. The molecule has 6 aromatic rings. The SMILES string of the molecule is F.Fc1c(F)c(F)c(-c2c(F)c(F)c(F)c(F)c2F)c(F)c1F.Fc1c(F)c(F)c(-c2c(F)c(F)c(F)c(F)c2F)c(F)c1F.Fc1c(F)c(F)c(-c2c(F)c(F)c(F)c(F)c2F)c(F)c1F.[O]=[Al]. The molecule has 6 aromatic carbocycles. The average Bonchev–Trinajstić information content (AvgIpc) is 3.32. The first-order valence-corrected chi connectivity index (χ1v) is 16.1. The van der Waals surface area contributed by atoms with E-state index in [-0.39, 0.29) is 4.70 Å². The summed E-state index contributed by atoms with van der Waals surface area (Å²) in [5.74, 6) is -79.9. The maximum atomic E-state index is 13.4.